The Balaban J connectivity index is 1.24. The molecule has 0 saturated carbocycles. The van der Waals surface area contributed by atoms with E-state index >= 15 is 0 Å². The van der Waals surface area contributed by atoms with Gasteiger partial charge in [-0.3, -0.25) is 9.97 Å². The number of halogens is 2. The standard InChI is InChI=1S/C51H40Br2N4/c1-33-5-17-41(18-6-33)56(42-19-7-34(2)8-20-42)45-25-13-37(14-26-45)51(47-29-39(52)31-54-49(47)50-48(51)30-40(53)32-55-50)38-15-27-46(28-16-38)57(43-21-9-35(3)10-22-43)44-23-11-36(4)12-24-44/h5-32H,1-4H3. The van der Waals surface area contributed by atoms with E-state index in [9.17, 15) is 0 Å². The van der Waals surface area contributed by atoms with Gasteiger partial charge in [-0.05, 0) is 156 Å². The molecular weight excluding hydrogens is 828 g/mol. The van der Waals surface area contributed by atoms with Gasteiger partial charge in [0.15, 0.2) is 0 Å². The summed E-state index contributed by atoms with van der Waals surface area (Å²) in [6, 6.07) is 57.5. The third-order valence-corrected chi connectivity index (χ3v) is 11.9. The zero-order valence-corrected chi connectivity index (χ0v) is 35.4. The van der Waals surface area contributed by atoms with Gasteiger partial charge in [0.2, 0.25) is 0 Å². The summed E-state index contributed by atoms with van der Waals surface area (Å²) in [6.07, 6.45) is 3.74. The van der Waals surface area contributed by atoms with Crippen molar-refractivity contribution in [3.63, 3.8) is 0 Å². The Morgan fingerprint density at radius 3 is 0.877 bits per heavy atom. The Bertz CT molecular complexity index is 2420. The molecule has 57 heavy (non-hydrogen) atoms. The van der Waals surface area contributed by atoms with Gasteiger partial charge in [0.25, 0.3) is 0 Å². The number of benzene rings is 6. The van der Waals surface area contributed by atoms with Crippen LogP contribution in [0.15, 0.2) is 179 Å². The number of aromatic nitrogens is 2. The van der Waals surface area contributed by atoms with Crippen LogP contribution in [0, 0.1) is 27.7 Å². The maximum Gasteiger partial charge on any atom is 0.0938 e. The van der Waals surface area contributed by atoms with Gasteiger partial charge < -0.3 is 9.80 Å². The van der Waals surface area contributed by atoms with Crippen molar-refractivity contribution in [1.29, 1.82) is 0 Å². The van der Waals surface area contributed by atoms with E-state index in [0.717, 1.165) is 76.7 Å². The van der Waals surface area contributed by atoms with Crippen molar-refractivity contribution in [2.75, 3.05) is 9.80 Å². The molecule has 0 fully saturated rings. The average molecular weight is 869 g/mol. The monoisotopic (exact) mass is 866 g/mol. The Hall–Kier alpha value is -5.82. The smallest absolute Gasteiger partial charge is 0.0938 e. The van der Waals surface area contributed by atoms with Gasteiger partial charge in [0, 0.05) is 66.6 Å². The number of pyridine rings is 2. The zero-order chi connectivity index (χ0) is 39.3. The lowest BCUT2D eigenvalue weighted by atomic mass is 9.68. The molecule has 0 saturated heterocycles. The maximum absolute atomic E-state index is 5.01. The van der Waals surface area contributed by atoms with Crippen LogP contribution in [-0.2, 0) is 5.41 Å². The molecular formula is C51H40Br2N4. The zero-order valence-electron chi connectivity index (χ0n) is 32.2. The molecule has 6 heteroatoms. The van der Waals surface area contributed by atoms with E-state index in [0.29, 0.717) is 0 Å². The van der Waals surface area contributed by atoms with Gasteiger partial charge in [-0.1, -0.05) is 95.1 Å². The molecule has 1 aliphatic carbocycles. The number of fused-ring (bicyclic) bond motifs is 3. The lowest BCUT2D eigenvalue weighted by Gasteiger charge is -2.35. The fraction of sp³-hybridized carbons (Fsp3) is 0.0980. The molecule has 0 radical (unpaired) electrons. The minimum absolute atomic E-state index is 0.716. The topological polar surface area (TPSA) is 32.3 Å². The summed E-state index contributed by atoms with van der Waals surface area (Å²) >= 11 is 7.60. The van der Waals surface area contributed by atoms with Gasteiger partial charge >= 0.3 is 0 Å². The van der Waals surface area contributed by atoms with Crippen molar-refractivity contribution in [3.05, 3.63) is 224 Å². The van der Waals surface area contributed by atoms with Crippen LogP contribution in [0.4, 0.5) is 34.1 Å². The van der Waals surface area contributed by atoms with Gasteiger partial charge in [-0.2, -0.15) is 0 Å². The normalized spacial score (nSPS) is 12.5. The molecule has 0 atom stereocenters. The van der Waals surface area contributed by atoms with Crippen LogP contribution in [0.25, 0.3) is 11.4 Å². The van der Waals surface area contributed by atoms with Crippen molar-refractivity contribution < 1.29 is 0 Å². The lowest BCUT2D eigenvalue weighted by molar-refractivity contribution is 0.763. The Kier molecular flexibility index (Phi) is 9.63. The molecule has 0 bridgehead atoms. The van der Waals surface area contributed by atoms with E-state index in [2.05, 4.69) is 227 Å². The van der Waals surface area contributed by atoms with Crippen LogP contribution in [0.3, 0.4) is 0 Å². The van der Waals surface area contributed by atoms with E-state index in [1.165, 1.54) is 22.3 Å². The second kappa shape index (κ2) is 14.9. The Labute approximate surface area is 351 Å². The SMILES string of the molecule is Cc1ccc(N(c2ccc(C)cc2)c2ccc(C3(c4ccc(N(c5ccc(C)cc5)c5ccc(C)cc5)cc4)c4cc(Br)cnc4-c4ncc(Br)cc43)cc2)cc1. The van der Waals surface area contributed by atoms with Crippen LogP contribution in [0.5, 0.6) is 0 Å². The Morgan fingerprint density at radius 1 is 0.368 bits per heavy atom. The lowest BCUT2D eigenvalue weighted by Crippen LogP contribution is -2.29. The van der Waals surface area contributed by atoms with Crippen LogP contribution < -0.4 is 9.80 Å². The molecule has 4 nitrogen and oxygen atoms in total. The summed E-state index contributed by atoms with van der Waals surface area (Å²) in [5.74, 6) is 0. The highest BCUT2D eigenvalue weighted by Crippen LogP contribution is 2.56. The predicted octanol–water partition coefficient (Wildman–Crippen LogP) is 14.5. The molecule has 0 unspecified atom stereocenters. The molecule has 2 heterocycles. The highest BCUT2D eigenvalue weighted by Gasteiger charge is 2.48. The summed E-state index contributed by atoms with van der Waals surface area (Å²) < 4.78 is 1.83. The van der Waals surface area contributed by atoms with Crippen LogP contribution in [0.2, 0.25) is 0 Å². The van der Waals surface area contributed by atoms with Crippen molar-refractivity contribution >= 4 is 66.0 Å². The summed E-state index contributed by atoms with van der Waals surface area (Å²) in [6.45, 7) is 8.50. The average Bonchev–Trinajstić information content (AvgIpc) is 3.50. The fourth-order valence-corrected chi connectivity index (χ4v) is 8.81. The highest BCUT2D eigenvalue weighted by atomic mass is 79.9. The molecule has 0 aliphatic heterocycles. The molecule has 6 aromatic carbocycles. The summed E-state index contributed by atoms with van der Waals surface area (Å²) in [7, 11) is 0. The van der Waals surface area contributed by atoms with Crippen molar-refractivity contribution in [1.82, 2.24) is 9.97 Å². The van der Waals surface area contributed by atoms with Crippen LogP contribution in [-0.4, -0.2) is 9.97 Å². The minimum atomic E-state index is -0.716. The molecule has 9 rings (SSSR count). The first-order valence-electron chi connectivity index (χ1n) is 19.1. The second-order valence-corrected chi connectivity index (χ2v) is 16.8. The van der Waals surface area contributed by atoms with E-state index < -0.39 is 5.41 Å². The van der Waals surface area contributed by atoms with Gasteiger partial charge in [0.1, 0.15) is 0 Å². The first-order valence-corrected chi connectivity index (χ1v) is 20.7. The first kappa shape index (κ1) is 36.8. The van der Waals surface area contributed by atoms with E-state index in [4.69, 9.17) is 9.97 Å². The summed E-state index contributed by atoms with van der Waals surface area (Å²) in [5.41, 5.74) is 16.9. The number of hydrogen-bond acceptors (Lipinski definition) is 4. The number of anilines is 6. The van der Waals surface area contributed by atoms with Gasteiger partial charge in [-0.15, -0.1) is 0 Å². The van der Waals surface area contributed by atoms with E-state index in [1.54, 1.807) is 0 Å². The third-order valence-electron chi connectivity index (χ3n) is 11.0. The largest absolute Gasteiger partial charge is 0.311 e. The number of aryl methyl sites for hydroxylation is 4. The highest BCUT2D eigenvalue weighted by molar-refractivity contribution is 9.10. The summed E-state index contributed by atoms with van der Waals surface area (Å²) in [4.78, 5) is 14.7. The number of rotatable bonds is 8. The first-order chi connectivity index (χ1) is 27.7. The van der Waals surface area contributed by atoms with Crippen LogP contribution >= 0.6 is 31.9 Å². The quantitative estimate of drug-likeness (QED) is 0.152. The molecule has 0 amide bonds. The number of nitrogens with zero attached hydrogens (tertiary/aromatic N) is 4. The van der Waals surface area contributed by atoms with Crippen LogP contribution in [0.1, 0.15) is 44.5 Å². The minimum Gasteiger partial charge on any atom is -0.311 e. The van der Waals surface area contributed by atoms with Gasteiger partial charge in [-0.25, -0.2) is 0 Å². The maximum atomic E-state index is 5.01. The molecule has 1 aliphatic rings. The molecule has 8 aromatic rings. The van der Waals surface area contributed by atoms with Crippen molar-refractivity contribution in [3.8, 4) is 11.4 Å². The van der Waals surface area contributed by atoms with Crippen molar-refractivity contribution in [2.45, 2.75) is 33.1 Å². The second-order valence-electron chi connectivity index (χ2n) is 15.0. The molecule has 0 spiro atoms. The van der Waals surface area contributed by atoms with E-state index in [1.807, 2.05) is 12.4 Å². The number of hydrogen-bond donors (Lipinski definition) is 0. The molecule has 2 aromatic heterocycles. The van der Waals surface area contributed by atoms with E-state index in [-0.39, 0.29) is 0 Å². The Morgan fingerprint density at radius 2 is 0.614 bits per heavy atom. The summed E-state index contributed by atoms with van der Waals surface area (Å²) in [5, 5.41) is 0. The molecule has 0 N–H and O–H groups in total. The molecule has 278 valence electrons. The van der Waals surface area contributed by atoms with Gasteiger partial charge in [0.05, 0.1) is 16.8 Å². The predicted molar refractivity (Wildman–Crippen MR) is 243 cm³/mol. The third kappa shape index (κ3) is 6.67. The van der Waals surface area contributed by atoms with Crippen molar-refractivity contribution in [2.24, 2.45) is 0 Å². The fourth-order valence-electron chi connectivity index (χ4n) is 8.15.